The van der Waals surface area contributed by atoms with Gasteiger partial charge in [-0.3, -0.25) is 4.79 Å². The predicted molar refractivity (Wildman–Crippen MR) is 97.6 cm³/mol. The van der Waals surface area contributed by atoms with Crippen LogP contribution in [0.25, 0.3) is 0 Å². The second-order valence-corrected chi connectivity index (χ2v) is 8.23. The number of nitrogens with zero attached hydrogens (tertiary/aromatic N) is 1. The van der Waals surface area contributed by atoms with E-state index in [4.69, 9.17) is 0 Å². The Morgan fingerprint density at radius 2 is 2.04 bits per heavy atom. The number of rotatable bonds is 2. The van der Waals surface area contributed by atoms with E-state index in [1.807, 2.05) is 14.0 Å². The van der Waals surface area contributed by atoms with Crippen LogP contribution in [0.1, 0.15) is 47.0 Å². The molecule has 0 radical (unpaired) electrons. The molecule has 0 aliphatic carbocycles. The second-order valence-electron chi connectivity index (χ2n) is 8.23. The van der Waals surface area contributed by atoms with Gasteiger partial charge in [0.05, 0.1) is 11.5 Å². The van der Waals surface area contributed by atoms with E-state index in [-0.39, 0.29) is 17.9 Å². The molecule has 1 aliphatic rings. The first-order valence-electron chi connectivity index (χ1n) is 9.21. The summed E-state index contributed by atoms with van der Waals surface area (Å²) in [4.78, 5) is 18.8. The molecule has 1 amide bonds. The van der Waals surface area contributed by atoms with E-state index >= 15 is 0 Å². The summed E-state index contributed by atoms with van der Waals surface area (Å²) in [6, 6.07) is -0.158. The second kappa shape index (κ2) is 9.64. The minimum Gasteiger partial charge on any atom is -0.390 e. The number of hydrogen-bond donors (Lipinski definition) is 2. The monoisotopic (exact) mass is 358 g/mol. The summed E-state index contributed by atoms with van der Waals surface area (Å²) < 4.78 is 13.2. The molecule has 0 aromatic heterocycles. The number of carbonyl (C=O) groups is 1. The standard InChI is InChI=1S/C19H35FN2O3/c1-7-16-8-9-22(6)12-13(2)10-19(5,24)11-14(3)17(25-20)15(4)18(23)21-16/h7,13-17,24H,1,8-12H2,2-6H3,(H,21,23)/t13-,14-,15?,16?,17+,19-/m1/s1. The molecular formula is C19H35FN2O3. The highest BCUT2D eigenvalue weighted by Crippen LogP contribution is 2.30. The van der Waals surface area contributed by atoms with Crippen molar-refractivity contribution in [2.75, 3.05) is 20.1 Å². The van der Waals surface area contributed by atoms with Gasteiger partial charge in [0.1, 0.15) is 6.10 Å². The zero-order valence-corrected chi connectivity index (χ0v) is 16.3. The van der Waals surface area contributed by atoms with Crippen LogP contribution in [0.2, 0.25) is 0 Å². The van der Waals surface area contributed by atoms with Gasteiger partial charge in [-0.15, -0.1) is 6.58 Å². The zero-order valence-electron chi connectivity index (χ0n) is 16.3. The summed E-state index contributed by atoms with van der Waals surface area (Å²) in [5.74, 6) is -0.909. The molecule has 1 fully saturated rings. The number of nitrogens with one attached hydrogen (secondary N) is 1. The number of hydrogen-bond acceptors (Lipinski definition) is 4. The van der Waals surface area contributed by atoms with E-state index in [9.17, 15) is 14.4 Å². The molecule has 6 heteroatoms. The van der Waals surface area contributed by atoms with Gasteiger partial charge in [0.15, 0.2) is 0 Å². The quantitative estimate of drug-likeness (QED) is 0.745. The predicted octanol–water partition coefficient (Wildman–Crippen LogP) is 2.70. The fourth-order valence-corrected chi connectivity index (χ4v) is 4.06. The third kappa shape index (κ3) is 7.04. The first kappa shape index (κ1) is 22.1. The lowest BCUT2D eigenvalue weighted by atomic mass is 9.80. The normalized spacial score (nSPS) is 40.1. The molecule has 2 unspecified atom stereocenters. The maximum atomic E-state index is 13.2. The maximum Gasteiger partial charge on any atom is 0.226 e. The fourth-order valence-electron chi connectivity index (χ4n) is 4.06. The Morgan fingerprint density at radius 1 is 1.40 bits per heavy atom. The van der Waals surface area contributed by atoms with Crippen LogP contribution in [0.3, 0.4) is 0 Å². The Kier molecular flexibility index (Phi) is 8.51. The van der Waals surface area contributed by atoms with Gasteiger partial charge in [-0.2, -0.15) is 4.94 Å². The highest BCUT2D eigenvalue weighted by molar-refractivity contribution is 5.79. The number of halogens is 1. The highest BCUT2D eigenvalue weighted by atomic mass is 19.3. The van der Waals surface area contributed by atoms with Gasteiger partial charge in [0.25, 0.3) is 0 Å². The number of carbonyl (C=O) groups excluding carboxylic acids is 1. The molecule has 2 N–H and O–H groups in total. The molecule has 0 aromatic rings. The number of amides is 1. The summed E-state index contributed by atoms with van der Waals surface area (Å²) in [6.45, 7) is 12.8. The van der Waals surface area contributed by atoms with Gasteiger partial charge >= 0.3 is 0 Å². The molecule has 6 atom stereocenters. The molecule has 25 heavy (non-hydrogen) atoms. The molecule has 0 bridgehead atoms. The van der Waals surface area contributed by atoms with Gasteiger partial charge in [0.2, 0.25) is 5.91 Å². The molecule has 1 rings (SSSR count). The minimum absolute atomic E-state index is 0.158. The first-order chi connectivity index (χ1) is 11.6. The zero-order chi connectivity index (χ0) is 19.2. The number of aliphatic hydroxyl groups is 1. The summed E-state index contributed by atoms with van der Waals surface area (Å²) in [5, 5.41) is 13.7. The highest BCUT2D eigenvalue weighted by Gasteiger charge is 2.36. The summed E-state index contributed by atoms with van der Waals surface area (Å²) in [5.41, 5.74) is -0.930. The van der Waals surface area contributed by atoms with E-state index < -0.39 is 17.6 Å². The first-order valence-corrected chi connectivity index (χ1v) is 9.21. The Morgan fingerprint density at radius 3 is 2.60 bits per heavy atom. The molecule has 1 heterocycles. The lowest BCUT2D eigenvalue weighted by Crippen LogP contribution is -2.46. The molecule has 0 aromatic carbocycles. The average Bonchev–Trinajstić information content (AvgIpc) is 2.49. The van der Waals surface area contributed by atoms with Gasteiger partial charge in [0, 0.05) is 19.1 Å². The average molecular weight is 358 g/mol. The summed E-state index contributed by atoms with van der Waals surface area (Å²) in [6.07, 6.45) is 2.55. The van der Waals surface area contributed by atoms with Crippen molar-refractivity contribution in [3.63, 3.8) is 0 Å². The van der Waals surface area contributed by atoms with E-state index in [1.54, 1.807) is 19.9 Å². The molecule has 0 spiro atoms. The van der Waals surface area contributed by atoms with Crippen molar-refractivity contribution in [1.82, 2.24) is 10.2 Å². The minimum atomic E-state index is -0.930. The van der Waals surface area contributed by atoms with E-state index in [2.05, 4.69) is 28.7 Å². The van der Waals surface area contributed by atoms with Crippen LogP contribution in [-0.4, -0.2) is 53.8 Å². The van der Waals surface area contributed by atoms with Crippen LogP contribution >= 0.6 is 0 Å². The molecule has 1 saturated heterocycles. The van der Waals surface area contributed by atoms with Crippen LogP contribution in [0.4, 0.5) is 4.53 Å². The van der Waals surface area contributed by atoms with Crippen molar-refractivity contribution in [2.45, 2.75) is 64.7 Å². The summed E-state index contributed by atoms with van der Waals surface area (Å²) in [7, 11) is 2.04. The largest absolute Gasteiger partial charge is 0.390 e. The van der Waals surface area contributed by atoms with Crippen molar-refractivity contribution < 1.29 is 19.4 Å². The van der Waals surface area contributed by atoms with Gasteiger partial charge < -0.3 is 15.3 Å². The molecule has 1 aliphatic heterocycles. The van der Waals surface area contributed by atoms with Crippen LogP contribution in [0, 0.1) is 17.8 Å². The van der Waals surface area contributed by atoms with Crippen LogP contribution in [0.5, 0.6) is 0 Å². The van der Waals surface area contributed by atoms with E-state index in [0.717, 1.165) is 19.5 Å². The Labute approximate surface area is 151 Å². The van der Waals surface area contributed by atoms with E-state index in [1.165, 1.54) is 0 Å². The van der Waals surface area contributed by atoms with Crippen molar-refractivity contribution in [1.29, 1.82) is 0 Å². The Balaban J connectivity index is 3.01. The maximum absolute atomic E-state index is 13.2. The van der Waals surface area contributed by atoms with Crippen molar-refractivity contribution in [2.24, 2.45) is 17.8 Å². The van der Waals surface area contributed by atoms with Gasteiger partial charge in [-0.05, 0) is 49.6 Å². The van der Waals surface area contributed by atoms with Crippen LogP contribution in [0.15, 0.2) is 12.7 Å². The Hall–Kier alpha value is -0.980. The summed E-state index contributed by atoms with van der Waals surface area (Å²) >= 11 is 0. The van der Waals surface area contributed by atoms with Crippen LogP contribution < -0.4 is 5.32 Å². The third-order valence-electron chi connectivity index (χ3n) is 5.18. The van der Waals surface area contributed by atoms with Gasteiger partial charge in [-0.25, -0.2) is 0 Å². The fraction of sp³-hybridized carbons (Fsp3) is 0.842. The SMILES string of the molecule is C=CC1CCN(C)C[C@H](C)C[C@@](C)(O)C[C@@H](C)[C@H](OF)C(C)C(=O)N1. The molecule has 0 saturated carbocycles. The van der Waals surface area contributed by atoms with Crippen LogP contribution in [-0.2, 0) is 9.74 Å². The van der Waals surface area contributed by atoms with Crippen molar-refractivity contribution in [3.05, 3.63) is 12.7 Å². The Bertz CT molecular complexity index is 444. The van der Waals surface area contributed by atoms with Gasteiger partial charge in [-0.1, -0.05) is 26.8 Å². The third-order valence-corrected chi connectivity index (χ3v) is 5.18. The molecular weight excluding hydrogens is 323 g/mol. The van der Waals surface area contributed by atoms with Crippen molar-refractivity contribution in [3.8, 4) is 0 Å². The molecule has 5 nitrogen and oxygen atoms in total. The lowest BCUT2D eigenvalue weighted by molar-refractivity contribution is -0.215. The van der Waals surface area contributed by atoms with E-state index in [0.29, 0.717) is 18.8 Å². The van der Waals surface area contributed by atoms with Crippen molar-refractivity contribution >= 4 is 5.91 Å². The lowest BCUT2D eigenvalue weighted by Gasteiger charge is -2.35. The topological polar surface area (TPSA) is 61.8 Å². The smallest absolute Gasteiger partial charge is 0.226 e. The molecule has 146 valence electrons.